The smallest absolute Gasteiger partial charge is 0.311 e. The molecule has 0 aromatic carbocycles. The van der Waals surface area contributed by atoms with E-state index in [1.807, 2.05) is 0 Å². The van der Waals surface area contributed by atoms with Gasteiger partial charge in [0.1, 0.15) is 31.0 Å². The molecular formula is C14H24O7. The molecule has 5 atom stereocenters. The topological polar surface area (TPSA) is 105 Å². The van der Waals surface area contributed by atoms with Crippen molar-refractivity contribution in [2.45, 2.75) is 51.5 Å². The van der Waals surface area contributed by atoms with E-state index in [2.05, 4.69) is 6.58 Å². The van der Waals surface area contributed by atoms with E-state index in [4.69, 9.17) is 14.2 Å². The number of esters is 1. The Hall–Kier alpha value is -0.990. The highest BCUT2D eigenvalue weighted by molar-refractivity contribution is 5.75. The zero-order valence-electron chi connectivity index (χ0n) is 12.6. The fourth-order valence-corrected chi connectivity index (χ4v) is 1.73. The molecule has 0 amide bonds. The summed E-state index contributed by atoms with van der Waals surface area (Å²) in [7, 11) is 0. The maximum Gasteiger partial charge on any atom is 0.311 e. The highest BCUT2D eigenvalue weighted by Crippen LogP contribution is 2.23. The quantitative estimate of drug-likeness (QED) is 0.468. The molecule has 0 aromatic rings. The van der Waals surface area contributed by atoms with Gasteiger partial charge in [-0.1, -0.05) is 6.08 Å². The Balaban J connectivity index is 2.63. The first-order valence-corrected chi connectivity index (χ1v) is 6.78. The van der Waals surface area contributed by atoms with E-state index in [1.165, 1.54) is 6.08 Å². The second-order valence-electron chi connectivity index (χ2n) is 5.99. The zero-order valence-corrected chi connectivity index (χ0v) is 12.6. The number of carbonyl (C=O) groups is 1. The Bertz CT molecular complexity index is 363. The number of carbonyl (C=O) groups excluding carboxylic acids is 1. The summed E-state index contributed by atoms with van der Waals surface area (Å²) in [5.41, 5.74) is -0.684. The average molecular weight is 304 g/mol. The van der Waals surface area contributed by atoms with Crippen LogP contribution in [0.2, 0.25) is 0 Å². The number of ether oxygens (including phenoxy) is 3. The van der Waals surface area contributed by atoms with Gasteiger partial charge in [0, 0.05) is 0 Å². The van der Waals surface area contributed by atoms with Crippen molar-refractivity contribution in [3.05, 3.63) is 12.7 Å². The molecule has 0 aromatic heterocycles. The van der Waals surface area contributed by atoms with Gasteiger partial charge in [-0.15, -0.1) is 6.58 Å². The lowest BCUT2D eigenvalue weighted by Crippen LogP contribution is -2.59. The summed E-state index contributed by atoms with van der Waals surface area (Å²) in [6.45, 7) is 8.42. The molecule has 0 unspecified atom stereocenters. The molecule has 1 aliphatic rings. The van der Waals surface area contributed by atoms with Crippen LogP contribution in [0.5, 0.6) is 0 Å². The van der Waals surface area contributed by atoms with Crippen molar-refractivity contribution in [2.24, 2.45) is 5.41 Å². The van der Waals surface area contributed by atoms with E-state index in [0.29, 0.717) is 0 Å². The van der Waals surface area contributed by atoms with Crippen molar-refractivity contribution in [2.75, 3.05) is 13.2 Å². The van der Waals surface area contributed by atoms with Gasteiger partial charge in [-0.2, -0.15) is 0 Å². The first-order chi connectivity index (χ1) is 9.68. The van der Waals surface area contributed by atoms with Crippen LogP contribution in [-0.4, -0.2) is 65.2 Å². The summed E-state index contributed by atoms with van der Waals surface area (Å²) in [4.78, 5) is 11.7. The highest BCUT2D eigenvalue weighted by Gasteiger charge is 2.44. The third-order valence-corrected chi connectivity index (χ3v) is 3.04. The molecule has 0 bridgehead atoms. The van der Waals surface area contributed by atoms with Crippen LogP contribution in [0.25, 0.3) is 0 Å². The van der Waals surface area contributed by atoms with Crippen molar-refractivity contribution < 1.29 is 34.3 Å². The Kier molecular flexibility index (Phi) is 6.30. The Labute approximate surface area is 124 Å². The predicted octanol–water partition coefficient (Wildman–Crippen LogP) is -0.414. The lowest BCUT2D eigenvalue weighted by molar-refractivity contribution is -0.299. The third kappa shape index (κ3) is 4.76. The van der Waals surface area contributed by atoms with Crippen LogP contribution in [0, 0.1) is 5.41 Å². The molecular weight excluding hydrogens is 280 g/mol. The second kappa shape index (κ2) is 7.33. The Morgan fingerprint density at radius 1 is 1.24 bits per heavy atom. The zero-order chi connectivity index (χ0) is 16.2. The average Bonchev–Trinajstić information content (AvgIpc) is 2.41. The maximum absolute atomic E-state index is 11.7. The first-order valence-electron chi connectivity index (χ1n) is 6.78. The van der Waals surface area contributed by atoms with Crippen LogP contribution in [0.15, 0.2) is 12.7 Å². The summed E-state index contributed by atoms with van der Waals surface area (Å²) in [5.74, 6) is -0.456. The summed E-state index contributed by atoms with van der Waals surface area (Å²) in [6.07, 6.45) is -4.87. The molecule has 1 heterocycles. The fraction of sp³-hybridized carbons (Fsp3) is 0.786. The van der Waals surface area contributed by atoms with E-state index in [1.54, 1.807) is 20.8 Å². The van der Waals surface area contributed by atoms with Crippen molar-refractivity contribution in [3.8, 4) is 0 Å². The normalized spacial score (nSPS) is 33.5. The standard InChI is InChI=1S/C14H24O7/c1-5-6-19-12-11(17)10(16)9(15)8(21-12)7-20-13(18)14(2,3)4/h5,8-12,15-17H,1,6-7H2,2-4H3/t8-,9+,10+,11-,12-/m1/s1. The van der Waals surface area contributed by atoms with Crippen LogP contribution >= 0.6 is 0 Å². The minimum absolute atomic E-state index is 0.110. The molecule has 3 N–H and O–H groups in total. The molecule has 0 radical (unpaired) electrons. The van der Waals surface area contributed by atoms with Gasteiger partial charge < -0.3 is 29.5 Å². The van der Waals surface area contributed by atoms with E-state index in [0.717, 1.165) is 0 Å². The van der Waals surface area contributed by atoms with E-state index >= 15 is 0 Å². The van der Waals surface area contributed by atoms with Gasteiger partial charge in [0.15, 0.2) is 6.29 Å². The number of rotatable bonds is 5. The van der Waals surface area contributed by atoms with Gasteiger partial charge in [0.25, 0.3) is 0 Å². The predicted molar refractivity (Wildman–Crippen MR) is 73.2 cm³/mol. The largest absolute Gasteiger partial charge is 0.462 e. The SMILES string of the molecule is C=CCO[C@@H]1O[C@H](COC(=O)C(C)(C)C)[C@H](O)[C@H](O)[C@H]1O. The summed E-state index contributed by atoms with van der Waals surface area (Å²) in [6, 6.07) is 0. The number of hydrogen-bond acceptors (Lipinski definition) is 7. The van der Waals surface area contributed by atoms with E-state index in [9.17, 15) is 20.1 Å². The number of hydrogen-bond donors (Lipinski definition) is 3. The monoisotopic (exact) mass is 304 g/mol. The van der Waals surface area contributed by atoms with Crippen molar-refractivity contribution >= 4 is 5.97 Å². The molecule has 7 heteroatoms. The fourth-order valence-electron chi connectivity index (χ4n) is 1.73. The second-order valence-corrected chi connectivity index (χ2v) is 5.99. The van der Waals surface area contributed by atoms with E-state index in [-0.39, 0.29) is 13.2 Å². The van der Waals surface area contributed by atoms with Crippen molar-refractivity contribution in [3.63, 3.8) is 0 Å². The van der Waals surface area contributed by atoms with Crippen molar-refractivity contribution in [1.82, 2.24) is 0 Å². The summed E-state index contributed by atoms with van der Waals surface area (Å²) >= 11 is 0. The number of aliphatic hydroxyl groups is 3. The number of aliphatic hydroxyl groups excluding tert-OH is 3. The van der Waals surface area contributed by atoms with Gasteiger partial charge in [-0.05, 0) is 20.8 Å². The highest BCUT2D eigenvalue weighted by atomic mass is 16.7. The molecule has 1 saturated heterocycles. The van der Waals surface area contributed by atoms with Gasteiger partial charge in [0.05, 0.1) is 12.0 Å². The maximum atomic E-state index is 11.7. The summed E-state index contributed by atoms with van der Waals surface area (Å²) < 4.78 is 15.6. The molecule has 0 aliphatic carbocycles. The molecule has 0 spiro atoms. The minimum atomic E-state index is -1.45. The molecule has 7 nitrogen and oxygen atoms in total. The Morgan fingerprint density at radius 3 is 2.38 bits per heavy atom. The van der Waals surface area contributed by atoms with Gasteiger partial charge in [-0.25, -0.2) is 0 Å². The van der Waals surface area contributed by atoms with Crippen LogP contribution in [0.3, 0.4) is 0 Å². The molecule has 1 aliphatic heterocycles. The molecule has 21 heavy (non-hydrogen) atoms. The van der Waals surface area contributed by atoms with E-state index < -0.39 is 42.1 Å². The van der Waals surface area contributed by atoms with Gasteiger partial charge >= 0.3 is 5.97 Å². The molecule has 122 valence electrons. The summed E-state index contributed by atoms with van der Waals surface area (Å²) in [5, 5.41) is 29.4. The molecule has 0 saturated carbocycles. The van der Waals surface area contributed by atoms with Crippen LogP contribution < -0.4 is 0 Å². The van der Waals surface area contributed by atoms with Crippen molar-refractivity contribution in [1.29, 1.82) is 0 Å². The lowest BCUT2D eigenvalue weighted by Gasteiger charge is -2.40. The first kappa shape index (κ1) is 18.1. The van der Waals surface area contributed by atoms with Gasteiger partial charge in [0.2, 0.25) is 0 Å². The van der Waals surface area contributed by atoms with Crippen LogP contribution in [0.4, 0.5) is 0 Å². The van der Waals surface area contributed by atoms with Crippen LogP contribution in [0.1, 0.15) is 20.8 Å². The molecule has 1 fully saturated rings. The molecule has 1 rings (SSSR count). The van der Waals surface area contributed by atoms with Crippen LogP contribution in [-0.2, 0) is 19.0 Å². The third-order valence-electron chi connectivity index (χ3n) is 3.04. The Morgan fingerprint density at radius 2 is 1.86 bits per heavy atom. The lowest BCUT2D eigenvalue weighted by atomic mass is 9.97. The van der Waals surface area contributed by atoms with Gasteiger partial charge in [-0.3, -0.25) is 4.79 Å². The minimum Gasteiger partial charge on any atom is -0.462 e.